The largest absolute Gasteiger partial charge is 0.324 e. The van der Waals surface area contributed by atoms with E-state index in [9.17, 15) is 4.79 Å². The number of carbonyl (C=O) groups excluding carboxylic acids is 1. The van der Waals surface area contributed by atoms with Crippen molar-refractivity contribution in [2.75, 3.05) is 11.9 Å². The van der Waals surface area contributed by atoms with Gasteiger partial charge in [-0.3, -0.25) is 15.5 Å². The first-order valence-corrected chi connectivity index (χ1v) is 7.60. The highest BCUT2D eigenvalue weighted by Gasteiger charge is 2.34. The lowest BCUT2D eigenvalue weighted by atomic mass is 9.94. The van der Waals surface area contributed by atoms with E-state index < -0.39 is 0 Å². The number of hydrogen-bond acceptors (Lipinski definition) is 4. The molecule has 0 bridgehead atoms. The monoisotopic (exact) mass is 307 g/mol. The topological polar surface area (TPSA) is 81.8 Å². The third kappa shape index (κ3) is 2.69. The number of amides is 1. The van der Waals surface area contributed by atoms with Crippen LogP contribution in [0.3, 0.4) is 0 Å². The smallest absolute Gasteiger partial charge is 0.233 e. The van der Waals surface area contributed by atoms with Crippen LogP contribution >= 0.6 is 0 Å². The summed E-state index contributed by atoms with van der Waals surface area (Å²) in [5.41, 5.74) is 9.08. The summed E-state index contributed by atoms with van der Waals surface area (Å²) in [7, 11) is 0. The van der Waals surface area contributed by atoms with Gasteiger partial charge in [0.25, 0.3) is 0 Å². The second-order valence-corrected chi connectivity index (χ2v) is 5.61. The number of nitrogens with zero attached hydrogens (tertiary/aromatic N) is 1. The van der Waals surface area contributed by atoms with Crippen LogP contribution in [-0.2, 0) is 4.79 Å². The molecule has 0 aliphatic carbocycles. The summed E-state index contributed by atoms with van der Waals surface area (Å²) in [6.07, 6.45) is 0. The van der Waals surface area contributed by atoms with Crippen LogP contribution in [0, 0.1) is 5.92 Å². The highest BCUT2D eigenvalue weighted by atomic mass is 16.2. The maximum absolute atomic E-state index is 12.6. The Morgan fingerprint density at radius 2 is 1.87 bits per heavy atom. The molecule has 4 N–H and O–H groups in total. The molecule has 6 nitrogen and oxygen atoms in total. The Balaban J connectivity index is 1.54. The summed E-state index contributed by atoms with van der Waals surface area (Å²) in [6, 6.07) is 17.6. The molecule has 2 heterocycles. The van der Waals surface area contributed by atoms with Crippen LogP contribution in [0.15, 0.2) is 54.6 Å². The molecule has 23 heavy (non-hydrogen) atoms. The van der Waals surface area contributed by atoms with Crippen molar-refractivity contribution in [3.8, 4) is 0 Å². The molecule has 1 fully saturated rings. The number of benzene rings is 2. The van der Waals surface area contributed by atoms with Crippen molar-refractivity contribution in [3.05, 3.63) is 60.2 Å². The first-order valence-electron chi connectivity index (χ1n) is 7.60. The molecule has 1 aliphatic heterocycles. The van der Waals surface area contributed by atoms with Gasteiger partial charge in [-0.25, -0.2) is 10.4 Å². The van der Waals surface area contributed by atoms with Crippen molar-refractivity contribution >= 4 is 22.9 Å². The summed E-state index contributed by atoms with van der Waals surface area (Å²) in [5.74, 6) is 0.218. The molecule has 2 atom stereocenters. The summed E-state index contributed by atoms with van der Waals surface area (Å²) in [5, 5.41) is 2.89. The highest BCUT2D eigenvalue weighted by molar-refractivity contribution is 5.93. The number of hydrogen-bond donors (Lipinski definition) is 4. The van der Waals surface area contributed by atoms with Crippen LogP contribution < -0.4 is 16.2 Å². The normalized spacial score (nSPS) is 20.7. The van der Waals surface area contributed by atoms with E-state index in [-0.39, 0.29) is 17.9 Å². The van der Waals surface area contributed by atoms with Crippen LogP contribution in [0.1, 0.15) is 11.6 Å². The van der Waals surface area contributed by atoms with Gasteiger partial charge in [0.1, 0.15) is 0 Å². The molecule has 0 saturated carbocycles. The van der Waals surface area contributed by atoms with Gasteiger partial charge in [0, 0.05) is 6.54 Å². The lowest BCUT2D eigenvalue weighted by Gasteiger charge is -2.17. The number of nitrogens with one attached hydrogen (secondary N) is 4. The van der Waals surface area contributed by atoms with Crippen LogP contribution in [-0.4, -0.2) is 22.4 Å². The van der Waals surface area contributed by atoms with Crippen molar-refractivity contribution in [1.29, 1.82) is 0 Å². The van der Waals surface area contributed by atoms with Crippen molar-refractivity contribution in [2.24, 2.45) is 5.92 Å². The highest BCUT2D eigenvalue weighted by Crippen LogP contribution is 2.25. The number of anilines is 1. The number of hydrazine groups is 1. The Hall–Kier alpha value is -2.70. The van der Waals surface area contributed by atoms with Gasteiger partial charge < -0.3 is 4.98 Å². The number of aromatic amines is 1. The Morgan fingerprint density at radius 1 is 1.09 bits per heavy atom. The molecular formula is C17H17N5O. The fourth-order valence-electron chi connectivity index (χ4n) is 2.94. The SMILES string of the molecule is O=C(Nc1nc2ccccc2[nH]1)C1CNNC1c1ccccc1. The molecule has 3 aromatic rings. The number of rotatable bonds is 3. The average Bonchev–Trinajstić information content (AvgIpc) is 3.22. The number of fused-ring (bicyclic) bond motifs is 1. The molecule has 0 spiro atoms. The summed E-state index contributed by atoms with van der Waals surface area (Å²) in [4.78, 5) is 20.1. The standard InChI is InChI=1S/C17H17N5O/c23-16(21-17-19-13-8-4-5-9-14(13)20-17)12-10-18-22-15(12)11-6-2-1-3-7-11/h1-9,12,15,18,22H,10H2,(H2,19,20,21,23). The molecule has 116 valence electrons. The van der Waals surface area contributed by atoms with Gasteiger partial charge in [0.2, 0.25) is 11.9 Å². The average molecular weight is 307 g/mol. The third-order valence-corrected chi connectivity index (χ3v) is 4.11. The number of carbonyl (C=O) groups is 1. The second-order valence-electron chi connectivity index (χ2n) is 5.61. The third-order valence-electron chi connectivity index (χ3n) is 4.11. The molecule has 1 saturated heterocycles. The molecule has 4 rings (SSSR count). The maximum Gasteiger partial charge on any atom is 0.233 e. The van der Waals surface area contributed by atoms with E-state index in [1.807, 2.05) is 54.6 Å². The zero-order valence-electron chi connectivity index (χ0n) is 12.4. The molecule has 6 heteroatoms. The van der Waals surface area contributed by atoms with E-state index >= 15 is 0 Å². The Kier molecular flexibility index (Phi) is 3.53. The number of para-hydroxylation sites is 2. The molecule has 2 unspecified atom stereocenters. The molecular weight excluding hydrogens is 290 g/mol. The fourth-order valence-corrected chi connectivity index (χ4v) is 2.94. The number of aromatic nitrogens is 2. The molecule has 1 aliphatic rings. The van der Waals surface area contributed by atoms with Crippen molar-refractivity contribution in [1.82, 2.24) is 20.8 Å². The van der Waals surface area contributed by atoms with Gasteiger partial charge in [-0.1, -0.05) is 42.5 Å². The van der Waals surface area contributed by atoms with E-state index in [4.69, 9.17) is 0 Å². The van der Waals surface area contributed by atoms with Crippen LogP contribution in [0.5, 0.6) is 0 Å². The molecule has 2 aromatic carbocycles. The zero-order valence-corrected chi connectivity index (χ0v) is 12.4. The van der Waals surface area contributed by atoms with Gasteiger partial charge in [0.05, 0.1) is 23.0 Å². The first-order chi connectivity index (χ1) is 11.3. The fraction of sp³-hybridized carbons (Fsp3) is 0.176. The maximum atomic E-state index is 12.6. The van der Waals surface area contributed by atoms with Crippen LogP contribution in [0.2, 0.25) is 0 Å². The minimum absolute atomic E-state index is 0.0550. The van der Waals surface area contributed by atoms with Crippen LogP contribution in [0.4, 0.5) is 5.95 Å². The van der Waals surface area contributed by atoms with Crippen molar-refractivity contribution in [3.63, 3.8) is 0 Å². The van der Waals surface area contributed by atoms with Gasteiger partial charge in [-0.15, -0.1) is 0 Å². The predicted octanol–water partition coefficient (Wildman–Crippen LogP) is 1.97. The summed E-state index contributed by atoms with van der Waals surface area (Å²) < 4.78 is 0. The zero-order chi connectivity index (χ0) is 15.6. The molecule has 1 aromatic heterocycles. The first kappa shape index (κ1) is 13.9. The summed E-state index contributed by atoms with van der Waals surface area (Å²) in [6.45, 7) is 0.575. The van der Waals surface area contributed by atoms with E-state index in [0.717, 1.165) is 16.6 Å². The van der Waals surface area contributed by atoms with E-state index in [2.05, 4.69) is 26.1 Å². The van der Waals surface area contributed by atoms with E-state index in [1.165, 1.54) is 0 Å². The van der Waals surface area contributed by atoms with Gasteiger partial charge in [0.15, 0.2) is 0 Å². The van der Waals surface area contributed by atoms with Crippen molar-refractivity contribution < 1.29 is 4.79 Å². The van der Waals surface area contributed by atoms with Crippen LogP contribution in [0.25, 0.3) is 11.0 Å². The van der Waals surface area contributed by atoms with Gasteiger partial charge in [-0.2, -0.15) is 0 Å². The number of H-pyrrole nitrogens is 1. The van der Waals surface area contributed by atoms with E-state index in [1.54, 1.807) is 0 Å². The molecule has 0 radical (unpaired) electrons. The van der Waals surface area contributed by atoms with Gasteiger partial charge in [-0.05, 0) is 17.7 Å². The Morgan fingerprint density at radius 3 is 2.70 bits per heavy atom. The summed E-state index contributed by atoms with van der Waals surface area (Å²) >= 11 is 0. The Bertz CT molecular complexity index is 796. The predicted molar refractivity (Wildman–Crippen MR) is 88.5 cm³/mol. The minimum Gasteiger partial charge on any atom is -0.324 e. The quantitative estimate of drug-likeness (QED) is 0.596. The Labute approximate surface area is 133 Å². The van der Waals surface area contributed by atoms with E-state index in [0.29, 0.717) is 12.5 Å². The lowest BCUT2D eigenvalue weighted by Crippen LogP contribution is -2.30. The molecule has 1 amide bonds. The van der Waals surface area contributed by atoms with Gasteiger partial charge >= 0.3 is 0 Å². The minimum atomic E-state index is -0.203. The van der Waals surface area contributed by atoms with Crippen molar-refractivity contribution in [2.45, 2.75) is 6.04 Å². The number of imidazole rings is 1. The lowest BCUT2D eigenvalue weighted by molar-refractivity contribution is -0.119. The second kappa shape index (κ2) is 5.83.